The van der Waals surface area contributed by atoms with Crippen molar-refractivity contribution in [3.8, 4) is 0 Å². The van der Waals surface area contributed by atoms with Crippen molar-refractivity contribution in [2.75, 3.05) is 52.4 Å². The Kier molecular flexibility index (Phi) is 30.9. The van der Waals surface area contributed by atoms with E-state index in [0.29, 0.717) is 174 Å². The molecule has 8 heterocycles. The molecule has 15 nitrogen and oxygen atoms in total. The van der Waals surface area contributed by atoms with E-state index in [9.17, 15) is 86.2 Å². The molecule has 0 unspecified atom stereocenters. The normalized spacial score (nSPS) is 16.8. The number of ketones is 3. The number of piperidine rings is 4. The van der Waals surface area contributed by atoms with Gasteiger partial charge in [0.05, 0.1) is 49.1 Å². The Bertz CT molecular complexity index is 6570. The number of hydrogen-bond acceptors (Lipinski definition) is 7. The van der Waals surface area contributed by atoms with Gasteiger partial charge in [0, 0.05) is 200 Å². The smallest absolute Gasteiger partial charge is 0.350 e. The molecule has 4 aromatic heterocycles. The summed E-state index contributed by atoms with van der Waals surface area (Å²) in [5.74, 6) is -0.512. The molecular weight excluding hydrogens is 1870 g/mol. The van der Waals surface area contributed by atoms with Gasteiger partial charge in [0.1, 0.15) is 11.6 Å². The lowest BCUT2D eigenvalue weighted by Gasteiger charge is -2.36. The number of carbonyl (C=O) groups excluding carboxylic acids is 7. The van der Waals surface area contributed by atoms with Crippen LogP contribution < -0.4 is 0 Å². The first kappa shape index (κ1) is 104. The van der Waals surface area contributed by atoms with E-state index < -0.39 is 47.0 Å². The number of amides is 4. The maximum atomic E-state index is 13.7. The quantitative estimate of drug-likeness (QED) is 0.0776. The standard InChI is InChI=1S/2C27H27Cl2F3N2O2.C26H27F3N2O2.C26H29F3N2O/c2*1-14-9-18(27(30,31)32)11-23-24(14)17(13-33(23)4)10-21-22(28)6-5-20(25(21)29)26(36)34-8-7-19(16(3)35)15(2)12-34;1-15-8-9-19(25(33)31-10-6-5-7-11-31)17(3)23(15)24(32)22-14-20-16(2)12-18(26(27,28)29)13-21(20)30(22)4;1-16-8-9-21(25(32)31-10-6-5-7-11-31)18(3)22(16)14-20-15-23-17(2)12-19(26(27,28)29)13-24(23)30(20)4/h2*5-6,9,11,13,15,19H,7-8,10,12H2,1-4H3;8-9,12-14H,5-7,10-11H2,1-4H3;8-9,12-13,15H,5-7,10-11,14H2,1-4H3/t2*15-,19+;;/m10../s1. The van der Waals surface area contributed by atoms with Crippen LogP contribution in [-0.2, 0) is 81.7 Å². The number of hydrogen-bond donors (Lipinski definition) is 0. The minimum Gasteiger partial charge on any atom is -0.350 e. The van der Waals surface area contributed by atoms with Gasteiger partial charge in [0.25, 0.3) is 23.6 Å². The third-order valence-corrected chi connectivity index (χ3v) is 29.5. The van der Waals surface area contributed by atoms with Gasteiger partial charge in [-0.3, -0.25) is 33.6 Å². The Morgan fingerprint density at radius 1 is 0.365 bits per heavy atom. The predicted octanol–water partition coefficient (Wildman–Crippen LogP) is 26.5. The third kappa shape index (κ3) is 21.8. The van der Waals surface area contributed by atoms with E-state index in [1.54, 1.807) is 143 Å². The van der Waals surface area contributed by atoms with Gasteiger partial charge in [-0.15, -0.1) is 0 Å². The first-order chi connectivity index (χ1) is 64.2. The second kappa shape index (κ2) is 40.9. The van der Waals surface area contributed by atoms with Gasteiger partial charge in [-0.2, -0.15) is 52.7 Å². The highest BCUT2D eigenvalue weighted by atomic mass is 35.5. The summed E-state index contributed by atoms with van der Waals surface area (Å²) < 4.78 is 167. The van der Waals surface area contributed by atoms with E-state index in [4.69, 9.17) is 46.4 Å². The summed E-state index contributed by atoms with van der Waals surface area (Å²) in [6, 6.07) is 26.7. The fourth-order valence-electron chi connectivity index (χ4n) is 20.4. The van der Waals surface area contributed by atoms with Gasteiger partial charge in [-0.05, 0) is 302 Å². The van der Waals surface area contributed by atoms with Crippen LogP contribution in [-0.4, -0.2) is 131 Å². The maximum absolute atomic E-state index is 13.7. The van der Waals surface area contributed by atoms with Crippen LogP contribution in [0.4, 0.5) is 52.7 Å². The molecule has 4 aliphatic rings. The summed E-state index contributed by atoms with van der Waals surface area (Å²) in [6.45, 7) is 26.2. The number of nitrogens with zero attached hydrogens (tertiary/aromatic N) is 8. The molecule has 4 fully saturated rings. The van der Waals surface area contributed by atoms with Crippen LogP contribution in [0, 0.1) is 79.1 Å². The van der Waals surface area contributed by atoms with Gasteiger partial charge in [0.2, 0.25) is 5.78 Å². The highest BCUT2D eigenvalue weighted by Gasteiger charge is 2.40. The van der Waals surface area contributed by atoms with Crippen molar-refractivity contribution in [3.63, 3.8) is 0 Å². The summed E-state index contributed by atoms with van der Waals surface area (Å²) in [6.07, 6.45) is -5.61. The van der Waals surface area contributed by atoms with E-state index in [-0.39, 0.29) is 87.5 Å². The lowest BCUT2D eigenvalue weighted by molar-refractivity contribution is -0.138. The first-order valence-corrected chi connectivity index (χ1v) is 47.2. The van der Waals surface area contributed by atoms with E-state index in [0.717, 1.165) is 132 Å². The zero-order valence-electron chi connectivity index (χ0n) is 79.3. The molecule has 728 valence electrons. The number of rotatable bonds is 14. The minimum absolute atomic E-state index is 0.0472. The van der Waals surface area contributed by atoms with Crippen LogP contribution in [0.2, 0.25) is 20.1 Å². The minimum atomic E-state index is -4.47. The Hall–Kier alpha value is -10.9. The number of fused-ring (bicyclic) bond motifs is 4. The Morgan fingerprint density at radius 3 is 1.10 bits per heavy atom. The number of benzene rings is 8. The number of halogens is 16. The predicted molar refractivity (Wildman–Crippen MR) is 514 cm³/mol. The van der Waals surface area contributed by atoms with Gasteiger partial charge in [-0.1, -0.05) is 72.4 Å². The van der Waals surface area contributed by atoms with E-state index >= 15 is 0 Å². The Morgan fingerprint density at radius 2 is 0.715 bits per heavy atom. The molecule has 0 saturated carbocycles. The van der Waals surface area contributed by atoms with Gasteiger partial charge >= 0.3 is 24.7 Å². The van der Waals surface area contributed by atoms with Crippen molar-refractivity contribution in [1.82, 2.24) is 37.9 Å². The highest BCUT2D eigenvalue weighted by molar-refractivity contribution is 6.39. The summed E-state index contributed by atoms with van der Waals surface area (Å²) in [7, 11) is 6.80. The largest absolute Gasteiger partial charge is 0.416 e. The molecule has 4 amide bonds. The lowest BCUT2D eigenvalue weighted by atomic mass is 9.84. The Balaban J connectivity index is 0.000000155. The zero-order valence-corrected chi connectivity index (χ0v) is 82.3. The topological polar surface area (TPSA) is 152 Å². The van der Waals surface area contributed by atoms with Crippen LogP contribution in [0.5, 0.6) is 0 Å². The second-order valence-corrected chi connectivity index (χ2v) is 39.0. The summed E-state index contributed by atoms with van der Waals surface area (Å²) in [4.78, 5) is 97.5. The summed E-state index contributed by atoms with van der Waals surface area (Å²) >= 11 is 26.5. The number of aromatic nitrogens is 4. The molecule has 4 aliphatic heterocycles. The van der Waals surface area contributed by atoms with Gasteiger partial charge < -0.3 is 37.9 Å². The van der Waals surface area contributed by atoms with Crippen LogP contribution in [0.15, 0.2) is 122 Å². The molecule has 16 rings (SSSR count). The molecule has 0 radical (unpaired) electrons. The molecule has 0 aliphatic carbocycles. The second-order valence-electron chi connectivity index (χ2n) is 37.4. The molecule has 4 atom stereocenters. The van der Waals surface area contributed by atoms with Gasteiger partial charge in [-0.25, -0.2) is 0 Å². The SMILES string of the molecule is CC(=O)[C@@H]1CCN(C(=O)c2ccc(Cl)c(Cc3cn(C)c4cc(C(F)(F)F)cc(C)c34)c2Cl)C[C@@H]1C.CC(=O)[C@H]1CCN(C(=O)c2ccc(Cl)c(Cc3cn(C)c4cc(C(F)(F)F)cc(C)c34)c2Cl)C[C@H]1C.Cc1ccc(C(=O)N2CCCCC2)c(C)c1C(=O)c1cc2c(C)cc(C(F)(F)F)cc2n1C.Cc1ccc(C(=O)N2CCCCC2)c(C)c1Cc1cc2c(C)cc(C(F)(F)F)cc2n1C. The van der Waals surface area contributed by atoms with Crippen molar-refractivity contribution in [1.29, 1.82) is 0 Å². The average Bonchev–Trinajstić information content (AvgIpc) is 1.54. The van der Waals surface area contributed by atoms with E-state index in [1.807, 2.05) is 74.2 Å². The van der Waals surface area contributed by atoms with Crippen LogP contribution in [0.1, 0.15) is 237 Å². The Labute approximate surface area is 808 Å². The van der Waals surface area contributed by atoms with Crippen molar-refractivity contribution < 1.29 is 86.2 Å². The molecular formula is C106H110Cl4F12N8O7. The molecule has 0 spiro atoms. The van der Waals surface area contributed by atoms with E-state index in [2.05, 4.69) is 0 Å². The van der Waals surface area contributed by atoms with Crippen molar-refractivity contribution >= 4 is 131 Å². The fraction of sp³-hybridized carbons (Fsp3) is 0.406. The van der Waals surface area contributed by atoms with Crippen LogP contribution in [0.25, 0.3) is 43.6 Å². The average molecular weight is 1980 g/mol. The van der Waals surface area contributed by atoms with Crippen LogP contribution in [0.3, 0.4) is 0 Å². The van der Waals surface area contributed by atoms with Crippen molar-refractivity contribution in [2.45, 2.75) is 178 Å². The number of aryl methyl sites for hydroxylation is 10. The zero-order chi connectivity index (χ0) is 100. The first-order valence-electron chi connectivity index (χ1n) is 45.7. The summed E-state index contributed by atoms with van der Waals surface area (Å²) in [5.41, 5.74) is 11.7. The molecule has 0 N–H and O–H groups in total. The summed E-state index contributed by atoms with van der Waals surface area (Å²) in [5, 5.41) is 4.05. The molecule has 8 aromatic carbocycles. The maximum Gasteiger partial charge on any atom is 0.416 e. The third-order valence-electron chi connectivity index (χ3n) is 27.9. The van der Waals surface area contributed by atoms with E-state index in [1.165, 1.54) is 23.1 Å². The molecule has 137 heavy (non-hydrogen) atoms. The van der Waals surface area contributed by atoms with Crippen LogP contribution >= 0.6 is 46.4 Å². The molecule has 31 heteroatoms. The lowest BCUT2D eigenvalue weighted by Crippen LogP contribution is -2.44. The molecule has 4 saturated heterocycles. The van der Waals surface area contributed by atoms with Crippen molar-refractivity contribution in [3.05, 3.63) is 275 Å². The number of likely N-dealkylation sites (tertiary alicyclic amines) is 4. The monoisotopic (exact) mass is 1970 g/mol. The number of alkyl halides is 12. The van der Waals surface area contributed by atoms with Crippen molar-refractivity contribution in [2.24, 2.45) is 51.9 Å². The molecule has 0 bridgehead atoms. The number of Topliss-reactive ketones (excluding diaryl/α,β-unsaturated/α-hetero) is 2. The van der Waals surface area contributed by atoms with Gasteiger partial charge in [0.15, 0.2) is 0 Å². The highest BCUT2D eigenvalue weighted by Crippen LogP contribution is 2.45. The fourth-order valence-corrected chi connectivity index (χ4v) is 21.5. The number of carbonyl (C=O) groups is 7. The molecule has 12 aromatic rings.